The fourth-order valence-corrected chi connectivity index (χ4v) is 3.02. The Morgan fingerprint density at radius 2 is 1.50 bits per heavy atom. The zero-order chi connectivity index (χ0) is 15.4. The Labute approximate surface area is 138 Å². The summed E-state index contributed by atoms with van der Waals surface area (Å²) < 4.78 is 14.3. The molecular formula is C17H19BrFN3. The van der Waals surface area contributed by atoms with Crippen molar-refractivity contribution < 1.29 is 4.39 Å². The highest BCUT2D eigenvalue weighted by molar-refractivity contribution is 9.10. The van der Waals surface area contributed by atoms with Gasteiger partial charge in [0.1, 0.15) is 5.82 Å². The van der Waals surface area contributed by atoms with Gasteiger partial charge in [-0.15, -0.1) is 0 Å². The van der Waals surface area contributed by atoms with Crippen LogP contribution in [0.3, 0.4) is 0 Å². The van der Waals surface area contributed by atoms with Crippen LogP contribution in [0.25, 0.3) is 0 Å². The van der Waals surface area contributed by atoms with Gasteiger partial charge in [-0.05, 0) is 29.3 Å². The third-order valence-corrected chi connectivity index (χ3v) is 4.48. The maximum absolute atomic E-state index is 13.2. The van der Waals surface area contributed by atoms with Crippen LogP contribution in [-0.4, -0.2) is 41.0 Å². The molecule has 1 aromatic carbocycles. The van der Waals surface area contributed by atoms with Crippen LogP contribution in [0.15, 0.2) is 47.2 Å². The first kappa shape index (κ1) is 15.6. The van der Waals surface area contributed by atoms with E-state index in [4.69, 9.17) is 0 Å². The van der Waals surface area contributed by atoms with Gasteiger partial charge in [0.2, 0.25) is 0 Å². The summed E-state index contributed by atoms with van der Waals surface area (Å²) >= 11 is 3.46. The fraction of sp³-hybridized carbons (Fsp3) is 0.353. The monoisotopic (exact) mass is 363 g/mol. The van der Waals surface area contributed by atoms with Crippen molar-refractivity contribution in [1.29, 1.82) is 0 Å². The lowest BCUT2D eigenvalue weighted by Crippen LogP contribution is -2.45. The molecule has 2 aromatic rings. The normalized spacial score (nSPS) is 16.8. The van der Waals surface area contributed by atoms with Crippen molar-refractivity contribution in [3.63, 3.8) is 0 Å². The second-order valence-corrected chi connectivity index (χ2v) is 6.61. The molecule has 2 heterocycles. The van der Waals surface area contributed by atoms with Gasteiger partial charge < -0.3 is 0 Å². The van der Waals surface area contributed by atoms with Gasteiger partial charge in [0.25, 0.3) is 0 Å². The molecule has 5 heteroatoms. The minimum Gasteiger partial charge on any atom is -0.297 e. The van der Waals surface area contributed by atoms with Crippen LogP contribution in [0.1, 0.15) is 11.1 Å². The Hall–Kier alpha value is -1.30. The molecule has 1 saturated heterocycles. The van der Waals surface area contributed by atoms with Crippen LogP contribution in [0.5, 0.6) is 0 Å². The second-order valence-electron chi connectivity index (χ2n) is 5.69. The first-order valence-corrected chi connectivity index (χ1v) is 8.27. The molecule has 0 atom stereocenters. The van der Waals surface area contributed by atoms with E-state index in [1.54, 1.807) is 12.3 Å². The maximum atomic E-state index is 13.2. The number of rotatable bonds is 4. The molecule has 1 aliphatic rings. The smallest absolute Gasteiger partial charge is 0.141 e. The topological polar surface area (TPSA) is 19.4 Å². The van der Waals surface area contributed by atoms with Crippen molar-refractivity contribution in [2.75, 3.05) is 26.2 Å². The molecule has 1 aliphatic heterocycles. The summed E-state index contributed by atoms with van der Waals surface area (Å²) in [5.74, 6) is -0.258. The highest BCUT2D eigenvalue weighted by atomic mass is 79.9. The molecule has 1 fully saturated rings. The van der Waals surface area contributed by atoms with Crippen LogP contribution < -0.4 is 0 Å². The molecule has 1 aromatic heterocycles. The lowest BCUT2D eigenvalue weighted by Gasteiger charge is -2.34. The molecule has 0 aliphatic carbocycles. The van der Waals surface area contributed by atoms with Crippen LogP contribution in [0.2, 0.25) is 0 Å². The number of halogens is 2. The summed E-state index contributed by atoms with van der Waals surface area (Å²) in [6.07, 6.45) is 3.00. The Morgan fingerprint density at radius 3 is 2.09 bits per heavy atom. The van der Waals surface area contributed by atoms with Crippen molar-refractivity contribution in [2.24, 2.45) is 0 Å². The van der Waals surface area contributed by atoms with Crippen LogP contribution in [0, 0.1) is 5.82 Å². The lowest BCUT2D eigenvalue weighted by atomic mass is 10.2. The number of aromatic nitrogens is 1. The van der Waals surface area contributed by atoms with Crippen molar-refractivity contribution in [3.8, 4) is 0 Å². The van der Waals surface area contributed by atoms with Gasteiger partial charge in [-0.3, -0.25) is 14.8 Å². The zero-order valence-corrected chi connectivity index (χ0v) is 14.0. The van der Waals surface area contributed by atoms with E-state index in [1.807, 2.05) is 0 Å². The van der Waals surface area contributed by atoms with Crippen LogP contribution >= 0.6 is 15.9 Å². The van der Waals surface area contributed by atoms with Gasteiger partial charge in [-0.1, -0.05) is 28.1 Å². The van der Waals surface area contributed by atoms with E-state index in [-0.39, 0.29) is 5.82 Å². The van der Waals surface area contributed by atoms with Crippen molar-refractivity contribution in [1.82, 2.24) is 14.8 Å². The van der Waals surface area contributed by atoms with E-state index in [9.17, 15) is 4.39 Å². The molecule has 0 spiro atoms. The number of piperazine rings is 1. The molecule has 0 unspecified atom stereocenters. The van der Waals surface area contributed by atoms with E-state index < -0.39 is 0 Å². The first-order valence-electron chi connectivity index (χ1n) is 7.47. The third-order valence-electron chi connectivity index (χ3n) is 3.95. The molecule has 3 rings (SSSR count). The average Bonchev–Trinajstić information content (AvgIpc) is 2.52. The predicted octanol–water partition coefficient (Wildman–Crippen LogP) is 3.30. The number of benzene rings is 1. The molecule has 0 radical (unpaired) electrons. The number of hydrogen-bond donors (Lipinski definition) is 0. The summed E-state index contributed by atoms with van der Waals surface area (Å²) in [6.45, 7) is 5.86. The van der Waals surface area contributed by atoms with Crippen LogP contribution in [0.4, 0.5) is 4.39 Å². The van der Waals surface area contributed by atoms with Crippen molar-refractivity contribution in [3.05, 3.63) is 64.1 Å². The molecule has 22 heavy (non-hydrogen) atoms. The molecule has 3 nitrogen and oxygen atoms in total. The average molecular weight is 364 g/mol. The third kappa shape index (κ3) is 4.35. The van der Waals surface area contributed by atoms with Gasteiger partial charge in [-0.25, -0.2) is 4.39 Å². The Kier molecular flexibility index (Phi) is 5.18. The van der Waals surface area contributed by atoms with E-state index >= 15 is 0 Å². The molecular weight excluding hydrogens is 345 g/mol. The van der Waals surface area contributed by atoms with E-state index in [0.717, 1.165) is 49.3 Å². The number of hydrogen-bond acceptors (Lipinski definition) is 3. The fourth-order valence-electron chi connectivity index (χ4n) is 2.75. The van der Waals surface area contributed by atoms with Crippen LogP contribution in [-0.2, 0) is 13.1 Å². The maximum Gasteiger partial charge on any atom is 0.141 e. The Balaban J connectivity index is 1.49. The summed E-state index contributed by atoms with van der Waals surface area (Å²) in [5.41, 5.74) is 2.28. The molecule has 0 bridgehead atoms. The Bertz CT molecular complexity index is 610. The highest BCUT2D eigenvalue weighted by Crippen LogP contribution is 2.14. The zero-order valence-electron chi connectivity index (χ0n) is 12.4. The number of nitrogens with zero attached hydrogens (tertiary/aromatic N) is 3. The number of pyridine rings is 1. The highest BCUT2D eigenvalue weighted by Gasteiger charge is 2.17. The van der Waals surface area contributed by atoms with Crippen molar-refractivity contribution >= 4 is 15.9 Å². The molecule has 0 N–H and O–H groups in total. The molecule has 0 saturated carbocycles. The van der Waals surface area contributed by atoms with Gasteiger partial charge in [0, 0.05) is 49.9 Å². The Morgan fingerprint density at radius 1 is 0.909 bits per heavy atom. The van der Waals surface area contributed by atoms with Gasteiger partial charge in [0.15, 0.2) is 0 Å². The van der Waals surface area contributed by atoms with Gasteiger partial charge in [0.05, 0.1) is 6.20 Å². The lowest BCUT2D eigenvalue weighted by molar-refractivity contribution is 0.122. The summed E-state index contributed by atoms with van der Waals surface area (Å²) in [4.78, 5) is 8.73. The quantitative estimate of drug-likeness (QED) is 0.830. The standard InChI is InChI=1S/C17H19BrFN3/c18-16-3-1-14(2-4-16)12-21-5-7-22(8-6-21)13-15-9-17(19)11-20-10-15/h1-4,9-11H,5-8,12-13H2. The summed E-state index contributed by atoms with van der Waals surface area (Å²) in [5, 5.41) is 0. The SMILES string of the molecule is Fc1cncc(CN2CCN(Cc3ccc(Br)cc3)CC2)c1. The minimum atomic E-state index is -0.258. The van der Waals surface area contributed by atoms with E-state index in [1.165, 1.54) is 11.8 Å². The predicted molar refractivity (Wildman–Crippen MR) is 88.9 cm³/mol. The summed E-state index contributed by atoms with van der Waals surface area (Å²) in [7, 11) is 0. The minimum absolute atomic E-state index is 0.258. The first-order chi connectivity index (χ1) is 10.7. The largest absolute Gasteiger partial charge is 0.297 e. The van der Waals surface area contributed by atoms with Gasteiger partial charge in [-0.2, -0.15) is 0 Å². The van der Waals surface area contributed by atoms with E-state index in [0.29, 0.717) is 0 Å². The molecule has 0 amide bonds. The van der Waals surface area contributed by atoms with Gasteiger partial charge >= 0.3 is 0 Å². The van der Waals surface area contributed by atoms with Crippen molar-refractivity contribution in [2.45, 2.75) is 13.1 Å². The molecule has 116 valence electrons. The summed E-state index contributed by atoms with van der Waals surface area (Å²) in [6, 6.07) is 10.1. The second kappa shape index (κ2) is 7.31. The van der Waals surface area contributed by atoms with E-state index in [2.05, 4.69) is 55.0 Å².